The average molecular weight is 238 g/mol. The van der Waals surface area contributed by atoms with Crippen molar-refractivity contribution in [1.82, 2.24) is 0 Å². The van der Waals surface area contributed by atoms with Gasteiger partial charge in [0.25, 0.3) is 0 Å². The van der Waals surface area contributed by atoms with Crippen LogP contribution in [0.25, 0.3) is 0 Å². The van der Waals surface area contributed by atoms with Gasteiger partial charge in [-0.2, -0.15) is 0 Å². The van der Waals surface area contributed by atoms with Gasteiger partial charge in [0.05, 0.1) is 6.61 Å². The summed E-state index contributed by atoms with van der Waals surface area (Å²) in [5, 5.41) is 63.7. The van der Waals surface area contributed by atoms with Crippen molar-refractivity contribution in [3.63, 3.8) is 0 Å². The normalized spacial score (nSPS) is 22.9. The molecule has 0 bridgehead atoms. The lowest BCUT2D eigenvalue weighted by atomic mass is 9.96. The van der Waals surface area contributed by atoms with Crippen molar-refractivity contribution < 1.29 is 35.7 Å². The highest BCUT2D eigenvalue weighted by molar-refractivity contribution is 4.93. The van der Waals surface area contributed by atoms with Crippen LogP contribution in [0.15, 0.2) is 12.7 Å². The van der Waals surface area contributed by atoms with E-state index in [1.54, 1.807) is 0 Å². The van der Waals surface area contributed by atoms with E-state index >= 15 is 0 Å². The van der Waals surface area contributed by atoms with Gasteiger partial charge < -0.3 is 35.7 Å². The first-order valence-corrected chi connectivity index (χ1v) is 4.68. The smallest absolute Gasteiger partial charge is 0.112 e. The Bertz CT molecular complexity index is 210. The third-order valence-corrected chi connectivity index (χ3v) is 2.22. The maximum atomic E-state index is 9.34. The zero-order valence-electron chi connectivity index (χ0n) is 8.59. The lowest BCUT2D eigenvalue weighted by Gasteiger charge is -2.29. The van der Waals surface area contributed by atoms with Crippen molar-refractivity contribution in [2.45, 2.75) is 36.6 Å². The fourth-order valence-corrected chi connectivity index (χ4v) is 1.08. The highest BCUT2D eigenvalue weighted by Gasteiger charge is 2.36. The molecule has 0 aliphatic heterocycles. The minimum Gasteiger partial charge on any atom is -0.394 e. The van der Waals surface area contributed by atoms with Gasteiger partial charge in [0.1, 0.15) is 36.6 Å². The Morgan fingerprint density at radius 3 is 1.62 bits per heavy atom. The summed E-state index contributed by atoms with van der Waals surface area (Å²) in [5.41, 5.74) is 0. The maximum absolute atomic E-state index is 9.34. The predicted octanol–water partition coefficient (Wildman–Crippen LogP) is -3.67. The summed E-state index contributed by atoms with van der Waals surface area (Å²) in [6.07, 6.45) is -9.59. The largest absolute Gasteiger partial charge is 0.394 e. The van der Waals surface area contributed by atoms with E-state index in [-0.39, 0.29) is 0 Å². The molecular weight excluding hydrogens is 220 g/mol. The molecule has 0 saturated carbocycles. The first-order chi connectivity index (χ1) is 7.36. The van der Waals surface area contributed by atoms with Gasteiger partial charge in [-0.05, 0) is 0 Å². The highest BCUT2D eigenvalue weighted by Crippen LogP contribution is 2.11. The Kier molecular flexibility index (Phi) is 6.68. The van der Waals surface area contributed by atoms with E-state index in [0.29, 0.717) is 0 Å². The molecular formula is C9H18O7. The monoisotopic (exact) mass is 238 g/mol. The first kappa shape index (κ1) is 15.5. The van der Waals surface area contributed by atoms with E-state index in [4.69, 9.17) is 15.3 Å². The summed E-state index contributed by atoms with van der Waals surface area (Å²) in [7, 11) is 0. The lowest BCUT2D eigenvalue weighted by Crippen LogP contribution is -2.52. The Morgan fingerprint density at radius 2 is 1.25 bits per heavy atom. The topological polar surface area (TPSA) is 142 Å². The fraction of sp³-hybridized carbons (Fsp3) is 0.778. The molecule has 0 unspecified atom stereocenters. The van der Waals surface area contributed by atoms with Crippen LogP contribution < -0.4 is 0 Å². The molecule has 0 amide bonds. The van der Waals surface area contributed by atoms with Crippen molar-refractivity contribution in [1.29, 1.82) is 0 Å². The van der Waals surface area contributed by atoms with Gasteiger partial charge in [-0.15, -0.1) is 6.58 Å². The molecule has 0 aliphatic carbocycles. The molecule has 96 valence electrons. The Morgan fingerprint density at radius 1 is 0.812 bits per heavy atom. The number of hydrogen-bond donors (Lipinski definition) is 7. The molecule has 0 aromatic carbocycles. The summed E-state index contributed by atoms with van der Waals surface area (Å²) in [4.78, 5) is 0. The number of hydrogen-bond acceptors (Lipinski definition) is 7. The molecule has 7 nitrogen and oxygen atoms in total. The van der Waals surface area contributed by atoms with Crippen molar-refractivity contribution in [3.8, 4) is 0 Å². The third-order valence-electron chi connectivity index (χ3n) is 2.22. The van der Waals surface area contributed by atoms with E-state index in [0.717, 1.165) is 6.08 Å². The van der Waals surface area contributed by atoms with Gasteiger partial charge in [-0.3, -0.25) is 0 Å². The van der Waals surface area contributed by atoms with Crippen molar-refractivity contribution >= 4 is 0 Å². The minimum atomic E-state index is -1.91. The van der Waals surface area contributed by atoms with E-state index in [9.17, 15) is 20.4 Å². The molecule has 0 aromatic heterocycles. The quantitative estimate of drug-likeness (QED) is 0.226. The maximum Gasteiger partial charge on any atom is 0.112 e. The molecule has 16 heavy (non-hydrogen) atoms. The minimum absolute atomic E-state index is 0.814. The standard InChI is InChI=1S/C9H18O7/c1-2-4(11)6(13)8(15)9(16)7(14)5(12)3-10/h2,4-16H,1,3H2/t4-,5-,6-,7-,8+,9+/m1/s1. The van der Waals surface area contributed by atoms with Crippen molar-refractivity contribution in [2.24, 2.45) is 0 Å². The van der Waals surface area contributed by atoms with Crippen LogP contribution in [0.3, 0.4) is 0 Å². The molecule has 0 rings (SSSR count). The molecule has 0 saturated heterocycles. The van der Waals surface area contributed by atoms with Crippen molar-refractivity contribution in [3.05, 3.63) is 12.7 Å². The van der Waals surface area contributed by atoms with Gasteiger partial charge in [-0.25, -0.2) is 0 Å². The molecule has 0 radical (unpaired) electrons. The average Bonchev–Trinajstić information content (AvgIpc) is 2.32. The van der Waals surface area contributed by atoms with E-state index in [1.807, 2.05) is 0 Å². The Balaban J connectivity index is 4.47. The van der Waals surface area contributed by atoms with E-state index in [1.165, 1.54) is 0 Å². The number of aliphatic hydroxyl groups excluding tert-OH is 7. The third kappa shape index (κ3) is 3.80. The van der Waals surface area contributed by atoms with Crippen LogP contribution in [0.4, 0.5) is 0 Å². The summed E-state index contributed by atoms with van der Waals surface area (Å²) in [5.74, 6) is 0. The van der Waals surface area contributed by atoms with Gasteiger partial charge >= 0.3 is 0 Å². The zero-order valence-corrected chi connectivity index (χ0v) is 8.59. The van der Waals surface area contributed by atoms with Crippen molar-refractivity contribution in [2.75, 3.05) is 6.61 Å². The molecule has 0 fully saturated rings. The number of aliphatic hydroxyl groups is 7. The van der Waals surface area contributed by atoms with Gasteiger partial charge in [0, 0.05) is 0 Å². The molecule has 7 heteroatoms. The van der Waals surface area contributed by atoms with Crippen LogP contribution in [-0.2, 0) is 0 Å². The molecule has 0 aromatic rings. The molecule has 0 spiro atoms. The van der Waals surface area contributed by atoms with Crippen LogP contribution >= 0.6 is 0 Å². The second kappa shape index (κ2) is 6.92. The van der Waals surface area contributed by atoms with Crippen LogP contribution in [0.1, 0.15) is 0 Å². The predicted molar refractivity (Wildman–Crippen MR) is 53.3 cm³/mol. The van der Waals surface area contributed by atoms with E-state index < -0.39 is 43.2 Å². The van der Waals surface area contributed by atoms with Crippen LogP contribution in [0.2, 0.25) is 0 Å². The Hall–Kier alpha value is -0.540. The summed E-state index contributed by atoms with van der Waals surface area (Å²) >= 11 is 0. The molecule has 0 heterocycles. The first-order valence-electron chi connectivity index (χ1n) is 4.68. The summed E-state index contributed by atoms with van der Waals surface area (Å²) in [6, 6.07) is 0. The summed E-state index contributed by atoms with van der Waals surface area (Å²) < 4.78 is 0. The van der Waals surface area contributed by atoms with Gasteiger partial charge in [0.2, 0.25) is 0 Å². The van der Waals surface area contributed by atoms with Gasteiger partial charge in [0.15, 0.2) is 0 Å². The van der Waals surface area contributed by atoms with Crippen LogP contribution in [0.5, 0.6) is 0 Å². The summed E-state index contributed by atoms with van der Waals surface area (Å²) in [6.45, 7) is 2.35. The highest BCUT2D eigenvalue weighted by atomic mass is 16.4. The second-order valence-corrected chi connectivity index (χ2v) is 3.44. The molecule has 6 atom stereocenters. The van der Waals surface area contributed by atoms with Crippen LogP contribution in [-0.4, -0.2) is 79.0 Å². The zero-order chi connectivity index (χ0) is 12.9. The lowest BCUT2D eigenvalue weighted by molar-refractivity contribution is -0.152. The fourth-order valence-electron chi connectivity index (χ4n) is 1.08. The van der Waals surface area contributed by atoms with Crippen LogP contribution in [0, 0.1) is 0 Å². The SMILES string of the molecule is C=C[C@@H](O)[C@@H](O)[C@H](O)[C@@H](O)[C@H](O)[C@H](O)CO. The second-order valence-electron chi connectivity index (χ2n) is 3.44. The van der Waals surface area contributed by atoms with Gasteiger partial charge in [-0.1, -0.05) is 6.08 Å². The molecule has 7 N–H and O–H groups in total. The Labute approximate surface area is 92.5 Å². The molecule has 0 aliphatic rings. The number of rotatable bonds is 7. The van der Waals surface area contributed by atoms with E-state index in [2.05, 4.69) is 6.58 Å².